The number of aliphatic hydroxyl groups is 2. The van der Waals surface area contributed by atoms with Crippen molar-refractivity contribution in [2.45, 2.75) is 42.7 Å². The first-order valence-electron chi connectivity index (χ1n) is 11.1. The minimum Gasteiger partial charge on any atom is -0.388 e. The molecule has 4 N–H and O–H groups in total. The van der Waals surface area contributed by atoms with E-state index in [1.807, 2.05) is 0 Å². The molecule has 2 fully saturated rings. The van der Waals surface area contributed by atoms with Crippen molar-refractivity contribution in [2.75, 3.05) is 66.0 Å². The first-order valence-corrected chi connectivity index (χ1v) is 11.1. The molecule has 206 valence electrons. The Labute approximate surface area is 205 Å². The number of ether oxygens (including phenoxy) is 6. The number of fused-ring (bicyclic) bond motifs is 2. The van der Waals surface area contributed by atoms with E-state index in [-0.39, 0.29) is 45.4 Å². The van der Waals surface area contributed by atoms with E-state index < -0.39 is 42.2 Å². The van der Waals surface area contributed by atoms with Crippen molar-refractivity contribution in [1.82, 2.24) is 10.6 Å². The van der Waals surface area contributed by atoms with Crippen molar-refractivity contribution in [1.29, 1.82) is 0 Å². The monoisotopic (exact) mass is 528 g/mol. The second kappa shape index (κ2) is 14.6. The van der Waals surface area contributed by atoms with Crippen LogP contribution in [0, 0.1) is 12.3 Å². The van der Waals surface area contributed by atoms with E-state index in [0.717, 1.165) is 0 Å². The molecule has 0 radical (unpaired) electrons. The number of aliphatic hydroxyl groups excluding tert-OH is 2. The van der Waals surface area contributed by atoms with Gasteiger partial charge in [-0.15, -0.1) is 6.42 Å². The van der Waals surface area contributed by atoms with E-state index in [9.17, 15) is 33.0 Å². The Hall–Kier alpha value is -2.03. The molecule has 0 aromatic heterocycles. The summed E-state index contributed by atoms with van der Waals surface area (Å²) in [6.07, 6.45) is -4.92. The Kier molecular flexibility index (Phi) is 12.3. The Balaban J connectivity index is 1.51. The topological polar surface area (TPSA) is 154 Å². The molecule has 2 aliphatic heterocycles. The van der Waals surface area contributed by atoms with Crippen LogP contribution in [-0.2, 0) is 38.0 Å². The standard InChI is InChI=1S/C21H31F3N2O10/c1-2-3-14(27)25-4-5-31-6-7-32-8-9-33-10-11-34-12-20-13-35-18(36-20)15(16(28)17(20)29)26-19(30)21(22,23)24/h1,15-18,28-29H,3-13H2,(H,25,27)(H,26,30)/t15-,16-,17-,18+,20+/m1/s1. The average molecular weight is 528 g/mol. The highest BCUT2D eigenvalue weighted by atomic mass is 19.4. The van der Waals surface area contributed by atoms with Crippen LogP contribution in [0.4, 0.5) is 13.2 Å². The predicted molar refractivity (Wildman–Crippen MR) is 113 cm³/mol. The van der Waals surface area contributed by atoms with Gasteiger partial charge in [-0.1, -0.05) is 5.92 Å². The second-order valence-corrected chi connectivity index (χ2v) is 7.92. The van der Waals surface area contributed by atoms with Crippen LogP contribution >= 0.6 is 0 Å². The van der Waals surface area contributed by atoms with Gasteiger partial charge in [0.05, 0.1) is 65.9 Å². The van der Waals surface area contributed by atoms with Crippen LogP contribution < -0.4 is 10.6 Å². The van der Waals surface area contributed by atoms with E-state index in [2.05, 4.69) is 11.2 Å². The summed E-state index contributed by atoms with van der Waals surface area (Å²) in [5, 5.41) is 24.8. The third-order valence-corrected chi connectivity index (χ3v) is 5.22. The number of carbonyl (C=O) groups excluding carboxylic acids is 2. The van der Waals surface area contributed by atoms with Gasteiger partial charge in [0.2, 0.25) is 5.91 Å². The number of alkyl halides is 3. The molecule has 12 nitrogen and oxygen atoms in total. The summed E-state index contributed by atoms with van der Waals surface area (Å²) in [5.74, 6) is -0.278. The molecule has 0 aliphatic carbocycles. The number of carbonyl (C=O) groups is 2. The quantitative estimate of drug-likeness (QED) is 0.132. The Morgan fingerprint density at radius 1 is 1.03 bits per heavy atom. The van der Waals surface area contributed by atoms with Crippen molar-refractivity contribution < 1.29 is 61.4 Å². The lowest BCUT2D eigenvalue weighted by atomic mass is 9.88. The van der Waals surface area contributed by atoms with Gasteiger partial charge in [0.15, 0.2) is 6.29 Å². The van der Waals surface area contributed by atoms with Gasteiger partial charge in [0.25, 0.3) is 0 Å². The SMILES string of the molecule is C#CCC(=O)NCCOCCOCCOCCOC[C@@]12CO[C@@H](O1)[C@H](NC(=O)C(F)(F)F)[C@@H](O)[C@H]2O. The van der Waals surface area contributed by atoms with Crippen molar-refractivity contribution in [2.24, 2.45) is 0 Å². The van der Waals surface area contributed by atoms with Gasteiger partial charge in [-0.05, 0) is 0 Å². The first-order chi connectivity index (χ1) is 17.1. The minimum atomic E-state index is -5.16. The molecule has 5 atom stereocenters. The molecule has 2 aliphatic rings. The number of rotatable bonds is 16. The van der Waals surface area contributed by atoms with E-state index in [0.29, 0.717) is 33.0 Å². The lowest BCUT2D eigenvalue weighted by molar-refractivity contribution is -0.240. The number of terminal acetylenes is 1. The Morgan fingerprint density at radius 3 is 2.19 bits per heavy atom. The van der Waals surface area contributed by atoms with Crippen LogP contribution in [0.1, 0.15) is 6.42 Å². The van der Waals surface area contributed by atoms with Gasteiger partial charge in [0, 0.05) is 6.54 Å². The first kappa shape index (κ1) is 30.2. The fourth-order valence-electron chi connectivity index (χ4n) is 3.39. The Morgan fingerprint density at radius 2 is 1.61 bits per heavy atom. The number of hydrogen-bond acceptors (Lipinski definition) is 10. The number of halogens is 3. The lowest BCUT2D eigenvalue weighted by Gasteiger charge is -2.42. The lowest BCUT2D eigenvalue weighted by Crippen LogP contribution is -2.67. The summed E-state index contributed by atoms with van der Waals surface area (Å²) < 4.78 is 69.6. The second-order valence-electron chi connectivity index (χ2n) is 7.92. The zero-order valence-corrected chi connectivity index (χ0v) is 19.5. The van der Waals surface area contributed by atoms with E-state index in [1.54, 1.807) is 5.32 Å². The number of hydrogen-bond donors (Lipinski definition) is 4. The molecule has 0 unspecified atom stereocenters. The van der Waals surface area contributed by atoms with Crippen LogP contribution in [-0.4, -0.2) is 124 Å². The van der Waals surface area contributed by atoms with E-state index >= 15 is 0 Å². The summed E-state index contributed by atoms with van der Waals surface area (Å²) in [6, 6.07) is -1.60. The molecule has 2 bridgehead atoms. The molecular weight excluding hydrogens is 497 g/mol. The zero-order valence-electron chi connectivity index (χ0n) is 19.5. The van der Waals surface area contributed by atoms with Crippen molar-refractivity contribution >= 4 is 11.8 Å². The van der Waals surface area contributed by atoms with Crippen molar-refractivity contribution in [3.05, 3.63) is 0 Å². The summed E-state index contributed by atoms with van der Waals surface area (Å²) in [7, 11) is 0. The summed E-state index contributed by atoms with van der Waals surface area (Å²) in [6.45, 7) is 1.76. The fourth-order valence-corrected chi connectivity index (χ4v) is 3.39. The van der Waals surface area contributed by atoms with Crippen LogP contribution in [0.5, 0.6) is 0 Å². The molecule has 0 aromatic rings. The van der Waals surface area contributed by atoms with Gasteiger partial charge in [-0.3, -0.25) is 9.59 Å². The van der Waals surface area contributed by atoms with Crippen LogP contribution in [0.2, 0.25) is 0 Å². The molecular formula is C21H31F3N2O10. The third-order valence-electron chi connectivity index (χ3n) is 5.22. The highest BCUT2D eigenvalue weighted by Crippen LogP contribution is 2.37. The maximum absolute atomic E-state index is 12.5. The maximum atomic E-state index is 12.5. The molecule has 36 heavy (non-hydrogen) atoms. The van der Waals surface area contributed by atoms with Gasteiger partial charge in [-0.25, -0.2) is 0 Å². The summed E-state index contributed by atoms with van der Waals surface area (Å²) in [5.41, 5.74) is -1.49. The molecule has 2 heterocycles. The maximum Gasteiger partial charge on any atom is 0.471 e. The van der Waals surface area contributed by atoms with Gasteiger partial charge >= 0.3 is 12.1 Å². The van der Waals surface area contributed by atoms with Crippen LogP contribution in [0.15, 0.2) is 0 Å². The fraction of sp³-hybridized carbons (Fsp3) is 0.810. The highest BCUT2D eigenvalue weighted by Gasteiger charge is 2.60. The molecule has 0 aromatic carbocycles. The largest absolute Gasteiger partial charge is 0.471 e. The summed E-state index contributed by atoms with van der Waals surface area (Å²) >= 11 is 0. The Bertz CT molecular complexity index is 750. The molecule has 15 heteroatoms. The molecule has 2 amide bonds. The molecule has 2 rings (SSSR count). The van der Waals surface area contributed by atoms with Gasteiger partial charge in [0.1, 0.15) is 23.9 Å². The van der Waals surface area contributed by atoms with Crippen molar-refractivity contribution in [3.63, 3.8) is 0 Å². The predicted octanol–water partition coefficient (Wildman–Crippen LogP) is -1.91. The molecule has 0 spiro atoms. The number of amides is 2. The smallest absolute Gasteiger partial charge is 0.388 e. The highest BCUT2D eigenvalue weighted by molar-refractivity contribution is 5.82. The van der Waals surface area contributed by atoms with Crippen molar-refractivity contribution in [3.8, 4) is 12.3 Å². The number of nitrogens with one attached hydrogen (secondary N) is 2. The molecule has 2 saturated heterocycles. The van der Waals surface area contributed by atoms with E-state index in [4.69, 9.17) is 34.8 Å². The van der Waals surface area contributed by atoms with Gasteiger partial charge < -0.3 is 49.3 Å². The zero-order chi connectivity index (χ0) is 26.6. The average Bonchev–Trinajstić information content (AvgIpc) is 3.22. The van der Waals surface area contributed by atoms with Crippen LogP contribution in [0.25, 0.3) is 0 Å². The van der Waals surface area contributed by atoms with Gasteiger partial charge in [-0.2, -0.15) is 13.2 Å². The normalized spacial score (nSPS) is 27.4. The third kappa shape index (κ3) is 9.12. The van der Waals surface area contributed by atoms with Crippen LogP contribution in [0.3, 0.4) is 0 Å². The summed E-state index contributed by atoms with van der Waals surface area (Å²) in [4.78, 5) is 22.3. The van der Waals surface area contributed by atoms with E-state index in [1.165, 1.54) is 0 Å². The minimum absolute atomic E-state index is 0.0262. The molecule has 0 saturated carbocycles.